The van der Waals surface area contributed by atoms with E-state index < -0.39 is 5.97 Å². The second-order valence-corrected chi connectivity index (χ2v) is 2.78. The number of benzene rings is 1. The molecular formula is C10H8N2O3. The van der Waals surface area contributed by atoms with Crippen LogP contribution in [0.25, 0.3) is 11.5 Å². The molecule has 0 aliphatic heterocycles. The van der Waals surface area contributed by atoms with Gasteiger partial charge < -0.3 is 9.15 Å². The lowest BCUT2D eigenvalue weighted by molar-refractivity contribution is 0.0601. The molecule has 1 heterocycles. The van der Waals surface area contributed by atoms with Crippen molar-refractivity contribution in [2.24, 2.45) is 0 Å². The molecule has 76 valence electrons. The monoisotopic (exact) mass is 204 g/mol. The van der Waals surface area contributed by atoms with Gasteiger partial charge in [0, 0.05) is 0 Å². The third kappa shape index (κ3) is 1.71. The summed E-state index contributed by atoms with van der Waals surface area (Å²) in [5.41, 5.74) is 0.978. The van der Waals surface area contributed by atoms with Gasteiger partial charge in [0.1, 0.15) is 0 Å². The van der Waals surface area contributed by atoms with E-state index in [0.717, 1.165) is 0 Å². The van der Waals surface area contributed by atoms with Crippen LogP contribution in [0, 0.1) is 0 Å². The normalized spacial score (nSPS) is 9.93. The van der Waals surface area contributed by atoms with Gasteiger partial charge in [-0.2, -0.15) is 0 Å². The Kier molecular flexibility index (Phi) is 2.45. The summed E-state index contributed by atoms with van der Waals surface area (Å²) in [7, 11) is 1.33. The minimum Gasteiger partial charge on any atom is -0.465 e. The molecule has 0 N–H and O–H groups in total. The molecule has 15 heavy (non-hydrogen) atoms. The number of carbonyl (C=O) groups excluding carboxylic acids is 1. The first-order chi connectivity index (χ1) is 7.33. The first-order valence-electron chi connectivity index (χ1n) is 4.27. The number of nitrogens with zero attached hydrogens (tertiary/aromatic N) is 2. The largest absolute Gasteiger partial charge is 0.465 e. The quantitative estimate of drug-likeness (QED) is 0.694. The molecule has 0 atom stereocenters. The molecule has 5 nitrogen and oxygen atoms in total. The highest BCUT2D eigenvalue weighted by molar-refractivity contribution is 5.95. The molecule has 0 bridgehead atoms. The van der Waals surface area contributed by atoms with E-state index in [1.54, 1.807) is 24.3 Å². The Labute approximate surface area is 85.7 Å². The molecule has 5 heteroatoms. The lowest BCUT2D eigenvalue weighted by Gasteiger charge is -2.02. The maximum Gasteiger partial charge on any atom is 0.338 e. The minimum atomic E-state index is -0.427. The molecule has 0 radical (unpaired) electrons. The molecule has 0 saturated heterocycles. The van der Waals surface area contributed by atoms with E-state index in [4.69, 9.17) is 4.42 Å². The van der Waals surface area contributed by atoms with Crippen LogP contribution in [0.5, 0.6) is 0 Å². The van der Waals surface area contributed by atoms with Crippen LogP contribution in [0.15, 0.2) is 35.1 Å². The molecule has 0 amide bonds. The summed E-state index contributed by atoms with van der Waals surface area (Å²) in [6, 6.07) is 6.89. The molecule has 0 saturated carbocycles. The van der Waals surface area contributed by atoms with Crippen molar-refractivity contribution < 1.29 is 13.9 Å². The number of rotatable bonds is 2. The van der Waals surface area contributed by atoms with E-state index in [0.29, 0.717) is 17.0 Å². The first-order valence-corrected chi connectivity index (χ1v) is 4.27. The highest BCUT2D eigenvalue weighted by Gasteiger charge is 2.15. The van der Waals surface area contributed by atoms with Crippen LogP contribution in [0.3, 0.4) is 0 Å². The fraction of sp³-hybridized carbons (Fsp3) is 0.100. The average Bonchev–Trinajstić information content (AvgIpc) is 2.81. The summed E-state index contributed by atoms with van der Waals surface area (Å²) < 4.78 is 9.67. The highest BCUT2D eigenvalue weighted by atomic mass is 16.5. The van der Waals surface area contributed by atoms with Gasteiger partial charge in [-0.05, 0) is 12.1 Å². The number of ether oxygens (including phenoxy) is 1. The van der Waals surface area contributed by atoms with Crippen molar-refractivity contribution in [2.45, 2.75) is 0 Å². The standard InChI is InChI=1S/C10H8N2O3/c1-14-10(13)8-5-3-2-4-7(8)9-12-11-6-15-9/h2-6H,1H3. The van der Waals surface area contributed by atoms with Crippen LogP contribution in [0.1, 0.15) is 10.4 Å². The van der Waals surface area contributed by atoms with E-state index in [1.807, 2.05) is 0 Å². The van der Waals surface area contributed by atoms with Crippen LogP contribution in [0.2, 0.25) is 0 Å². The Morgan fingerprint density at radius 3 is 2.87 bits per heavy atom. The first kappa shape index (κ1) is 9.39. The molecule has 2 rings (SSSR count). The molecule has 0 aliphatic carbocycles. The van der Waals surface area contributed by atoms with Gasteiger partial charge in [-0.1, -0.05) is 12.1 Å². The zero-order valence-corrected chi connectivity index (χ0v) is 8.01. The number of hydrogen-bond acceptors (Lipinski definition) is 5. The number of hydrogen-bond donors (Lipinski definition) is 0. The number of carbonyl (C=O) groups is 1. The number of aromatic nitrogens is 2. The predicted molar refractivity (Wildman–Crippen MR) is 51.1 cm³/mol. The van der Waals surface area contributed by atoms with Crippen LogP contribution < -0.4 is 0 Å². The summed E-state index contributed by atoms with van der Waals surface area (Å²) in [6.45, 7) is 0. The van der Waals surface area contributed by atoms with Gasteiger partial charge in [-0.3, -0.25) is 0 Å². The molecule has 1 aromatic carbocycles. The third-order valence-corrected chi connectivity index (χ3v) is 1.92. The molecule has 0 fully saturated rings. The van der Waals surface area contributed by atoms with Gasteiger partial charge in [0.25, 0.3) is 0 Å². The van der Waals surface area contributed by atoms with Crippen molar-refractivity contribution >= 4 is 5.97 Å². The molecule has 2 aromatic rings. The van der Waals surface area contributed by atoms with Crippen LogP contribution in [-0.4, -0.2) is 23.3 Å². The number of esters is 1. The van der Waals surface area contributed by atoms with Crippen molar-refractivity contribution in [1.82, 2.24) is 10.2 Å². The molecule has 1 aromatic heterocycles. The second-order valence-electron chi connectivity index (χ2n) is 2.78. The smallest absolute Gasteiger partial charge is 0.338 e. The Hall–Kier alpha value is -2.17. The van der Waals surface area contributed by atoms with Gasteiger partial charge in [0.05, 0.1) is 18.2 Å². The van der Waals surface area contributed by atoms with Gasteiger partial charge in [-0.15, -0.1) is 10.2 Å². The maximum atomic E-state index is 11.4. The zero-order valence-electron chi connectivity index (χ0n) is 8.01. The van der Waals surface area contributed by atoms with Crippen molar-refractivity contribution in [3.8, 4) is 11.5 Å². The zero-order chi connectivity index (χ0) is 10.7. The fourth-order valence-electron chi connectivity index (χ4n) is 1.25. The average molecular weight is 204 g/mol. The Balaban J connectivity index is 2.52. The number of methoxy groups -OCH3 is 1. The molecule has 0 spiro atoms. The summed E-state index contributed by atoms with van der Waals surface area (Å²) in [4.78, 5) is 11.4. The summed E-state index contributed by atoms with van der Waals surface area (Å²) >= 11 is 0. The van der Waals surface area contributed by atoms with E-state index in [9.17, 15) is 4.79 Å². The van der Waals surface area contributed by atoms with Crippen molar-refractivity contribution in [3.63, 3.8) is 0 Å². The third-order valence-electron chi connectivity index (χ3n) is 1.92. The fourth-order valence-corrected chi connectivity index (χ4v) is 1.25. The van der Waals surface area contributed by atoms with Crippen LogP contribution >= 0.6 is 0 Å². The Morgan fingerprint density at radius 2 is 2.20 bits per heavy atom. The van der Waals surface area contributed by atoms with Gasteiger partial charge in [0.2, 0.25) is 12.3 Å². The molecular weight excluding hydrogens is 196 g/mol. The van der Waals surface area contributed by atoms with Gasteiger partial charge in [-0.25, -0.2) is 4.79 Å². The second kappa shape index (κ2) is 3.91. The van der Waals surface area contributed by atoms with E-state index in [1.165, 1.54) is 13.5 Å². The minimum absolute atomic E-state index is 0.302. The van der Waals surface area contributed by atoms with Gasteiger partial charge in [0.15, 0.2) is 0 Å². The van der Waals surface area contributed by atoms with Crippen molar-refractivity contribution in [3.05, 3.63) is 36.2 Å². The summed E-state index contributed by atoms with van der Waals surface area (Å²) in [5.74, 6) is -0.125. The lowest BCUT2D eigenvalue weighted by atomic mass is 10.1. The maximum absolute atomic E-state index is 11.4. The van der Waals surface area contributed by atoms with Crippen LogP contribution in [-0.2, 0) is 4.74 Å². The molecule has 0 aliphatic rings. The summed E-state index contributed by atoms with van der Waals surface area (Å²) in [6.07, 6.45) is 1.21. The molecule has 0 unspecified atom stereocenters. The van der Waals surface area contributed by atoms with E-state index >= 15 is 0 Å². The topological polar surface area (TPSA) is 65.2 Å². The summed E-state index contributed by atoms with van der Waals surface area (Å²) in [5, 5.41) is 7.30. The van der Waals surface area contributed by atoms with E-state index in [2.05, 4.69) is 14.9 Å². The van der Waals surface area contributed by atoms with Gasteiger partial charge >= 0.3 is 5.97 Å². The van der Waals surface area contributed by atoms with E-state index in [-0.39, 0.29) is 0 Å². The highest BCUT2D eigenvalue weighted by Crippen LogP contribution is 2.21. The SMILES string of the molecule is COC(=O)c1ccccc1-c1nnco1. The Morgan fingerprint density at radius 1 is 1.40 bits per heavy atom. The predicted octanol–water partition coefficient (Wildman–Crippen LogP) is 1.52. The van der Waals surface area contributed by atoms with Crippen LogP contribution in [0.4, 0.5) is 0 Å². The van der Waals surface area contributed by atoms with Crippen molar-refractivity contribution in [1.29, 1.82) is 0 Å². The van der Waals surface area contributed by atoms with Crippen molar-refractivity contribution in [2.75, 3.05) is 7.11 Å². The Bertz CT molecular complexity index is 465. The lowest BCUT2D eigenvalue weighted by Crippen LogP contribution is -2.03.